The Morgan fingerprint density at radius 3 is 3.30 bits per heavy atom. The highest BCUT2D eigenvalue weighted by atomic mass is 15.0. The monoisotopic (exact) mass is 135 g/mol. The minimum Gasteiger partial charge on any atom is -0.369 e. The molecule has 2 aromatic rings. The SMILES string of the molecule is Nc1nc[nH+]c2[nH]ccc12. The molecule has 2 aromatic heterocycles. The largest absolute Gasteiger partial charge is 0.369 e. The Balaban J connectivity index is 2.95. The summed E-state index contributed by atoms with van der Waals surface area (Å²) in [5.41, 5.74) is 6.46. The Morgan fingerprint density at radius 2 is 2.50 bits per heavy atom. The van der Waals surface area contributed by atoms with Crippen molar-refractivity contribution in [1.82, 2.24) is 9.97 Å². The third-order valence-corrected chi connectivity index (χ3v) is 1.44. The molecule has 0 saturated carbocycles. The lowest BCUT2D eigenvalue weighted by Crippen LogP contribution is -2.06. The zero-order valence-electron chi connectivity index (χ0n) is 5.26. The molecule has 4 nitrogen and oxygen atoms in total. The van der Waals surface area contributed by atoms with Crippen molar-refractivity contribution >= 4 is 16.9 Å². The average molecular weight is 135 g/mol. The van der Waals surface area contributed by atoms with Crippen molar-refractivity contribution in [2.75, 3.05) is 5.73 Å². The Morgan fingerprint density at radius 1 is 1.60 bits per heavy atom. The van der Waals surface area contributed by atoms with Gasteiger partial charge in [-0.1, -0.05) is 4.98 Å². The van der Waals surface area contributed by atoms with E-state index in [0.717, 1.165) is 11.0 Å². The third-order valence-electron chi connectivity index (χ3n) is 1.44. The van der Waals surface area contributed by atoms with Gasteiger partial charge in [0.05, 0.1) is 6.20 Å². The van der Waals surface area contributed by atoms with Crippen LogP contribution < -0.4 is 10.7 Å². The summed E-state index contributed by atoms with van der Waals surface area (Å²) >= 11 is 0. The van der Waals surface area contributed by atoms with Gasteiger partial charge < -0.3 is 5.73 Å². The van der Waals surface area contributed by atoms with Crippen molar-refractivity contribution in [3.63, 3.8) is 0 Å². The lowest BCUT2D eigenvalue weighted by molar-refractivity contribution is -0.352. The van der Waals surface area contributed by atoms with Crippen LogP contribution in [0.1, 0.15) is 0 Å². The van der Waals surface area contributed by atoms with E-state index in [0.29, 0.717) is 5.82 Å². The number of fused-ring (bicyclic) bond motifs is 1. The number of nitrogens with two attached hydrogens (primary N) is 1. The fourth-order valence-corrected chi connectivity index (χ4v) is 0.938. The molecule has 50 valence electrons. The second kappa shape index (κ2) is 1.70. The molecule has 4 N–H and O–H groups in total. The van der Waals surface area contributed by atoms with Crippen molar-refractivity contribution in [3.8, 4) is 0 Å². The maximum Gasteiger partial charge on any atom is 0.236 e. The molecule has 0 amide bonds. The normalized spacial score (nSPS) is 10.4. The van der Waals surface area contributed by atoms with Gasteiger partial charge in [-0.25, -0.2) is 4.98 Å². The minimum absolute atomic E-state index is 0.551. The van der Waals surface area contributed by atoms with E-state index < -0.39 is 0 Å². The van der Waals surface area contributed by atoms with Gasteiger partial charge in [0.2, 0.25) is 17.8 Å². The number of nitrogens with one attached hydrogen (secondary N) is 2. The highest BCUT2D eigenvalue weighted by Gasteiger charge is 2.03. The molecule has 0 spiro atoms. The zero-order valence-corrected chi connectivity index (χ0v) is 5.26. The summed E-state index contributed by atoms with van der Waals surface area (Å²) in [6.07, 6.45) is 3.38. The van der Waals surface area contributed by atoms with Crippen molar-refractivity contribution in [3.05, 3.63) is 18.6 Å². The number of aromatic nitrogens is 3. The predicted octanol–water partition coefficient (Wildman–Crippen LogP) is -0.0408. The van der Waals surface area contributed by atoms with Crippen LogP contribution in [0.3, 0.4) is 0 Å². The van der Waals surface area contributed by atoms with Crippen LogP contribution in [0, 0.1) is 0 Å². The first-order valence-corrected chi connectivity index (χ1v) is 2.97. The third kappa shape index (κ3) is 0.556. The van der Waals surface area contributed by atoms with Gasteiger partial charge in [-0.15, -0.1) is 0 Å². The lowest BCUT2D eigenvalue weighted by atomic mass is 10.4. The Kier molecular flexibility index (Phi) is 0.887. The number of H-pyrrole nitrogens is 2. The molecule has 0 aliphatic rings. The Bertz CT molecular complexity index is 351. The molecule has 0 fully saturated rings. The van der Waals surface area contributed by atoms with Crippen molar-refractivity contribution in [2.45, 2.75) is 0 Å². The number of nitrogens with zero attached hydrogens (tertiary/aromatic N) is 1. The van der Waals surface area contributed by atoms with Gasteiger partial charge in [-0.3, -0.25) is 4.98 Å². The molecular formula is C6H7N4+. The first-order valence-electron chi connectivity index (χ1n) is 2.97. The lowest BCUT2D eigenvalue weighted by Gasteiger charge is -1.84. The van der Waals surface area contributed by atoms with E-state index in [1.165, 1.54) is 0 Å². The molecule has 0 unspecified atom stereocenters. The smallest absolute Gasteiger partial charge is 0.236 e. The van der Waals surface area contributed by atoms with Crippen LogP contribution in [0.5, 0.6) is 0 Å². The summed E-state index contributed by atoms with van der Waals surface area (Å²) in [5.74, 6) is 0.551. The molecule has 0 aliphatic heterocycles. The van der Waals surface area contributed by atoms with Crippen LogP contribution in [0.2, 0.25) is 0 Å². The number of rotatable bonds is 0. The molecular weight excluding hydrogens is 128 g/mol. The van der Waals surface area contributed by atoms with E-state index in [2.05, 4.69) is 15.0 Å². The summed E-state index contributed by atoms with van der Waals surface area (Å²) in [5, 5.41) is 0.933. The van der Waals surface area contributed by atoms with Gasteiger partial charge in [0.25, 0.3) is 0 Å². The van der Waals surface area contributed by atoms with Gasteiger partial charge in [-0.05, 0) is 6.07 Å². The highest BCUT2D eigenvalue weighted by Crippen LogP contribution is 2.10. The van der Waals surface area contributed by atoms with E-state index in [-0.39, 0.29) is 0 Å². The second-order valence-electron chi connectivity index (χ2n) is 2.05. The molecule has 10 heavy (non-hydrogen) atoms. The topological polar surface area (TPSA) is 68.8 Å². The van der Waals surface area contributed by atoms with Crippen LogP contribution in [0.4, 0.5) is 5.82 Å². The van der Waals surface area contributed by atoms with Crippen molar-refractivity contribution < 1.29 is 4.98 Å². The number of hydrogen-bond acceptors (Lipinski definition) is 2. The number of nitrogen functional groups attached to an aromatic ring is 1. The van der Waals surface area contributed by atoms with Crippen LogP contribution in [0.25, 0.3) is 11.0 Å². The summed E-state index contributed by atoms with van der Waals surface area (Å²) < 4.78 is 0. The van der Waals surface area contributed by atoms with Gasteiger partial charge in [0.15, 0.2) is 0 Å². The Hall–Kier alpha value is -1.58. The molecule has 0 radical (unpaired) electrons. The number of aromatic amines is 2. The average Bonchev–Trinajstić information content (AvgIpc) is 2.36. The van der Waals surface area contributed by atoms with Gasteiger partial charge >= 0.3 is 0 Å². The minimum atomic E-state index is 0.551. The molecule has 4 heteroatoms. The summed E-state index contributed by atoms with van der Waals surface area (Å²) in [7, 11) is 0. The van der Waals surface area contributed by atoms with Gasteiger partial charge in [-0.2, -0.15) is 0 Å². The molecule has 0 aromatic carbocycles. The zero-order chi connectivity index (χ0) is 6.97. The van der Waals surface area contributed by atoms with Gasteiger partial charge in [0.1, 0.15) is 5.39 Å². The van der Waals surface area contributed by atoms with E-state index in [1.54, 1.807) is 6.33 Å². The van der Waals surface area contributed by atoms with Crippen LogP contribution >= 0.6 is 0 Å². The van der Waals surface area contributed by atoms with E-state index in [4.69, 9.17) is 5.73 Å². The van der Waals surface area contributed by atoms with Crippen molar-refractivity contribution in [1.29, 1.82) is 0 Å². The number of anilines is 1. The molecule has 0 atom stereocenters. The molecule has 2 rings (SSSR count). The fourth-order valence-electron chi connectivity index (χ4n) is 0.938. The second-order valence-corrected chi connectivity index (χ2v) is 2.05. The number of hydrogen-bond donors (Lipinski definition) is 2. The van der Waals surface area contributed by atoms with Crippen molar-refractivity contribution in [2.24, 2.45) is 0 Å². The van der Waals surface area contributed by atoms with E-state index in [1.807, 2.05) is 12.3 Å². The van der Waals surface area contributed by atoms with Crippen LogP contribution in [0.15, 0.2) is 18.6 Å². The highest BCUT2D eigenvalue weighted by molar-refractivity contribution is 5.82. The van der Waals surface area contributed by atoms with E-state index in [9.17, 15) is 0 Å². The van der Waals surface area contributed by atoms with Crippen LogP contribution in [-0.4, -0.2) is 9.97 Å². The predicted molar refractivity (Wildman–Crippen MR) is 37.1 cm³/mol. The van der Waals surface area contributed by atoms with Gasteiger partial charge in [0, 0.05) is 0 Å². The summed E-state index contributed by atoms with van der Waals surface area (Å²) in [6, 6.07) is 1.88. The first-order chi connectivity index (χ1) is 4.88. The van der Waals surface area contributed by atoms with E-state index >= 15 is 0 Å². The Labute approximate surface area is 57.1 Å². The molecule has 0 bridgehead atoms. The maximum absolute atomic E-state index is 5.55. The quantitative estimate of drug-likeness (QED) is 0.532. The first kappa shape index (κ1) is 5.22. The molecule has 0 aliphatic carbocycles. The molecule has 0 saturated heterocycles. The fraction of sp³-hybridized carbons (Fsp3) is 0. The molecule has 2 heterocycles. The van der Waals surface area contributed by atoms with Crippen LogP contribution in [-0.2, 0) is 0 Å². The summed E-state index contributed by atoms with van der Waals surface area (Å²) in [6.45, 7) is 0. The maximum atomic E-state index is 5.55. The summed E-state index contributed by atoms with van der Waals surface area (Å²) in [4.78, 5) is 9.79. The standard InChI is InChI=1S/C6H6N4/c7-5-4-1-2-8-6(4)10-3-9-5/h1-3H,(H3,7,8,9,10)/p+1.